The fraction of sp³-hybridized carbons (Fsp3) is 0.333. The molecule has 1 heterocycles. The molecule has 1 rings (SSSR count). The third-order valence-corrected chi connectivity index (χ3v) is 1.95. The molecule has 0 unspecified atom stereocenters. The average molecular weight is 223 g/mol. The molecule has 16 heavy (non-hydrogen) atoms. The van der Waals surface area contributed by atoms with Crippen molar-refractivity contribution >= 4 is 12.0 Å². The van der Waals surface area contributed by atoms with Gasteiger partial charge in [-0.05, 0) is 31.6 Å². The lowest BCUT2D eigenvalue weighted by Crippen LogP contribution is -2.01. The number of aryl methyl sites for hydroxylation is 1. The van der Waals surface area contributed by atoms with Crippen LogP contribution in [-0.4, -0.2) is 17.6 Å². The van der Waals surface area contributed by atoms with E-state index in [9.17, 15) is 9.18 Å². The Morgan fingerprint density at radius 2 is 2.38 bits per heavy atom. The van der Waals surface area contributed by atoms with E-state index in [1.54, 1.807) is 26.0 Å². The lowest BCUT2D eigenvalue weighted by atomic mass is 10.2. The second-order valence-electron chi connectivity index (χ2n) is 3.27. The van der Waals surface area contributed by atoms with Crippen LogP contribution in [0.1, 0.15) is 24.6 Å². The number of rotatable bonds is 4. The first-order valence-electron chi connectivity index (χ1n) is 5.07. The standard InChI is InChI=1S/C12H14FNO2/c1-3-16-12(15)6-4-5-11-9(2)7-10(13)8-14-11/h4-5,7-8H,3,6H2,1-2H3. The summed E-state index contributed by atoms with van der Waals surface area (Å²) in [5, 5.41) is 0. The van der Waals surface area contributed by atoms with Gasteiger partial charge in [-0.25, -0.2) is 4.39 Å². The molecule has 0 spiro atoms. The van der Waals surface area contributed by atoms with Crippen LogP contribution in [0.2, 0.25) is 0 Å². The van der Waals surface area contributed by atoms with Crippen LogP contribution < -0.4 is 0 Å². The van der Waals surface area contributed by atoms with E-state index in [1.165, 1.54) is 6.07 Å². The highest BCUT2D eigenvalue weighted by atomic mass is 19.1. The third-order valence-electron chi connectivity index (χ3n) is 1.95. The molecule has 0 N–H and O–H groups in total. The maximum absolute atomic E-state index is 12.7. The molecule has 3 nitrogen and oxygen atoms in total. The zero-order chi connectivity index (χ0) is 12.0. The summed E-state index contributed by atoms with van der Waals surface area (Å²) in [5.74, 6) is -0.640. The molecular formula is C12H14FNO2. The Hall–Kier alpha value is -1.71. The molecule has 4 heteroatoms. The average Bonchev–Trinajstić information content (AvgIpc) is 2.22. The summed E-state index contributed by atoms with van der Waals surface area (Å²) in [5.41, 5.74) is 1.39. The molecule has 1 aromatic heterocycles. The van der Waals surface area contributed by atoms with E-state index in [2.05, 4.69) is 4.98 Å². The van der Waals surface area contributed by atoms with E-state index >= 15 is 0 Å². The smallest absolute Gasteiger partial charge is 0.309 e. The number of ether oxygens (including phenoxy) is 1. The van der Waals surface area contributed by atoms with Gasteiger partial charge in [-0.3, -0.25) is 9.78 Å². The second-order valence-corrected chi connectivity index (χ2v) is 3.27. The molecule has 1 aromatic rings. The van der Waals surface area contributed by atoms with Gasteiger partial charge in [0.1, 0.15) is 5.82 Å². The number of hydrogen-bond donors (Lipinski definition) is 0. The zero-order valence-electron chi connectivity index (χ0n) is 9.37. The minimum Gasteiger partial charge on any atom is -0.466 e. The molecule has 0 radical (unpaired) electrons. The van der Waals surface area contributed by atoms with Crippen molar-refractivity contribution < 1.29 is 13.9 Å². The van der Waals surface area contributed by atoms with Crippen molar-refractivity contribution in [2.75, 3.05) is 6.61 Å². The minimum atomic E-state index is -0.361. The molecule has 0 aromatic carbocycles. The molecule has 0 bridgehead atoms. The Morgan fingerprint density at radius 3 is 3.00 bits per heavy atom. The first-order chi connectivity index (χ1) is 7.63. The zero-order valence-corrected chi connectivity index (χ0v) is 9.37. The van der Waals surface area contributed by atoms with E-state index in [1.807, 2.05) is 0 Å². The maximum Gasteiger partial charge on any atom is 0.309 e. The summed E-state index contributed by atoms with van der Waals surface area (Å²) in [4.78, 5) is 14.9. The summed E-state index contributed by atoms with van der Waals surface area (Å²) in [7, 11) is 0. The summed E-state index contributed by atoms with van der Waals surface area (Å²) < 4.78 is 17.5. The number of hydrogen-bond acceptors (Lipinski definition) is 3. The highest BCUT2D eigenvalue weighted by molar-refractivity contribution is 5.72. The summed E-state index contributed by atoms with van der Waals surface area (Å²) in [6.07, 6.45) is 4.69. The van der Waals surface area contributed by atoms with Gasteiger partial charge in [-0.2, -0.15) is 0 Å². The first-order valence-corrected chi connectivity index (χ1v) is 5.07. The van der Waals surface area contributed by atoms with Crippen molar-refractivity contribution in [1.29, 1.82) is 0 Å². The normalized spacial score (nSPS) is 10.7. The Kier molecular flexibility index (Phi) is 4.64. The Morgan fingerprint density at radius 1 is 1.62 bits per heavy atom. The Balaban J connectivity index is 2.59. The van der Waals surface area contributed by atoms with Crippen molar-refractivity contribution in [1.82, 2.24) is 4.98 Å². The maximum atomic E-state index is 12.7. The van der Waals surface area contributed by atoms with E-state index in [0.29, 0.717) is 12.3 Å². The van der Waals surface area contributed by atoms with Gasteiger partial charge in [0, 0.05) is 0 Å². The number of carbonyl (C=O) groups excluding carboxylic acids is 1. The molecule has 0 fully saturated rings. The molecule has 0 aliphatic carbocycles. The van der Waals surface area contributed by atoms with Crippen molar-refractivity contribution in [2.24, 2.45) is 0 Å². The molecule has 0 aliphatic rings. The number of nitrogens with zero attached hydrogens (tertiary/aromatic N) is 1. The number of aromatic nitrogens is 1. The van der Waals surface area contributed by atoms with Crippen LogP contribution in [0.15, 0.2) is 18.3 Å². The molecule has 0 saturated carbocycles. The molecule has 0 amide bonds. The lowest BCUT2D eigenvalue weighted by Gasteiger charge is -1.99. The fourth-order valence-electron chi connectivity index (χ4n) is 1.21. The first kappa shape index (κ1) is 12.4. The predicted molar refractivity (Wildman–Crippen MR) is 59.2 cm³/mol. The van der Waals surface area contributed by atoms with Crippen LogP contribution in [0, 0.1) is 12.7 Å². The van der Waals surface area contributed by atoms with Crippen molar-refractivity contribution in [3.63, 3.8) is 0 Å². The highest BCUT2D eigenvalue weighted by Crippen LogP contribution is 2.08. The van der Waals surface area contributed by atoms with Gasteiger partial charge < -0.3 is 4.74 Å². The summed E-state index contributed by atoms with van der Waals surface area (Å²) >= 11 is 0. The van der Waals surface area contributed by atoms with Crippen LogP contribution in [0.4, 0.5) is 4.39 Å². The predicted octanol–water partition coefficient (Wildman–Crippen LogP) is 2.50. The second kappa shape index (κ2) is 6.00. The largest absolute Gasteiger partial charge is 0.466 e. The van der Waals surface area contributed by atoms with E-state index in [-0.39, 0.29) is 18.2 Å². The van der Waals surface area contributed by atoms with Gasteiger partial charge in [0.25, 0.3) is 0 Å². The quantitative estimate of drug-likeness (QED) is 0.736. The molecule has 0 saturated heterocycles. The Labute approximate surface area is 94.0 Å². The minimum absolute atomic E-state index is 0.201. The number of pyridine rings is 1. The van der Waals surface area contributed by atoms with Crippen LogP contribution in [0.3, 0.4) is 0 Å². The van der Waals surface area contributed by atoms with Gasteiger partial charge in [-0.15, -0.1) is 0 Å². The fourth-order valence-corrected chi connectivity index (χ4v) is 1.21. The number of halogens is 1. The van der Waals surface area contributed by atoms with Crippen molar-refractivity contribution in [2.45, 2.75) is 20.3 Å². The molecular weight excluding hydrogens is 209 g/mol. The van der Waals surface area contributed by atoms with Crippen molar-refractivity contribution in [3.05, 3.63) is 35.4 Å². The van der Waals surface area contributed by atoms with Crippen LogP contribution in [0.5, 0.6) is 0 Å². The SMILES string of the molecule is CCOC(=O)CC=Cc1ncc(F)cc1C. The number of carbonyl (C=O) groups is 1. The monoisotopic (exact) mass is 223 g/mol. The van der Waals surface area contributed by atoms with Gasteiger partial charge >= 0.3 is 5.97 Å². The van der Waals surface area contributed by atoms with Gasteiger partial charge in [0.15, 0.2) is 0 Å². The van der Waals surface area contributed by atoms with E-state index in [4.69, 9.17) is 4.74 Å². The summed E-state index contributed by atoms with van der Waals surface area (Å²) in [6, 6.07) is 1.40. The molecule has 0 aliphatic heterocycles. The topological polar surface area (TPSA) is 39.2 Å². The van der Waals surface area contributed by atoms with Gasteiger partial charge in [0.2, 0.25) is 0 Å². The molecule has 0 atom stereocenters. The van der Waals surface area contributed by atoms with Gasteiger partial charge in [0.05, 0.1) is 24.9 Å². The Bertz CT molecular complexity index is 402. The van der Waals surface area contributed by atoms with Gasteiger partial charge in [-0.1, -0.05) is 6.08 Å². The van der Waals surface area contributed by atoms with Crippen LogP contribution in [0.25, 0.3) is 6.08 Å². The van der Waals surface area contributed by atoms with E-state index in [0.717, 1.165) is 11.8 Å². The highest BCUT2D eigenvalue weighted by Gasteiger charge is 1.99. The van der Waals surface area contributed by atoms with Crippen LogP contribution >= 0.6 is 0 Å². The summed E-state index contributed by atoms with van der Waals surface area (Å²) in [6.45, 7) is 3.90. The van der Waals surface area contributed by atoms with Crippen LogP contribution in [-0.2, 0) is 9.53 Å². The van der Waals surface area contributed by atoms with E-state index < -0.39 is 0 Å². The molecule has 86 valence electrons. The lowest BCUT2D eigenvalue weighted by molar-refractivity contribution is -0.142. The van der Waals surface area contributed by atoms with Crippen molar-refractivity contribution in [3.8, 4) is 0 Å². The third kappa shape index (κ3) is 3.81. The number of esters is 1.